The number of aromatic amines is 1. The van der Waals surface area contributed by atoms with Crippen molar-refractivity contribution in [1.82, 2.24) is 14.5 Å². The maximum Gasteiger partial charge on any atom is 0.178 e. The Hall–Kier alpha value is -1.24. The number of halogens is 1. The first-order valence-electron chi connectivity index (χ1n) is 6.32. The summed E-state index contributed by atoms with van der Waals surface area (Å²) in [6.07, 6.45) is 0.120. The molecule has 1 aliphatic heterocycles. The summed E-state index contributed by atoms with van der Waals surface area (Å²) in [5.41, 5.74) is 1.65. The molecule has 1 atom stereocenters. The van der Waals surface area contributed by atoms with Crippen LogP contribution in [0.3, 0.4) is 0 Å². The number of rotatable bonds is 2. The molecule has 4 nitrogen and oxygen atoms in total. The minimum atomic E-state index is -0.260. The molecule has 1 saturated heterocycles. The average molecular weight is 281 g/mol. The molecule has 2 heterocycles. The van der Waals surface area contributed by atoms with Gasteiger partial charge in [0.2, 0.25) is 0 Å². The highest BCUT2D eigenvalue weighted by molar-refractivity contribution is 7.71. The van der Waals surface area contributed by atoms with E-state index < -0.39 is 0 Å². The van der Waals surface area contributed by atoms with Crippen molar-refractivity contribution < 1.29 is 9.13 Å². The van der Waals surface area contributed by atoms with Crippen LogP contribution in [-0.2, 0) is 11.3 Å². The van der Waals surface area contributed by atoms with E-state index in [-0.39, 0.29) is 11.9 Å². The van der Waals surface area contributed by atoms with Crippen LogP contribution in [0.4, 0.5) is 4.39 Å². The molecular formula is C13H16FN3OS. The van der Waals surface area contributed by atoms with Gasteiger partial charge in [-0.3, -0.25) is 0 Å². The number of nitrogens with one attached hydrogen (secondary N) is 1. The number of likely N-dealkylation sites (N-methyl/N-ethyl adjacent to an activating group) is 1. The second kappa shape index (κ2) is 5.03. The summed E-state index contributed by atoms with van der Waals surface area (Å²) in [6, 6.07) is 4.67. The van der Waals surface area contributed by atoms with Gasteiger partial charge >= 0.3 is 0 Å². The van der Waals surface area contributed by atoms with Gasteiger partial charge in [-0.25, -0.2) is 4.39 Å². The Morgan fingerprint density at radius 1 is 1.53 bits per heavy atom. The van der Waals surface area contributed by atoms with Crippen molar-refractivity contribution in [2.45, 2.75) is 12.6 Å². The quantitative estimate of drug-likeness (QED) is 0.857. The number of benzene rings is 1. The van der Waals surface area contributed by atoms with Gasteiger partial charge in [0.05, 0.1) is 30.3 Å². The van der Waals surface area contributed by atoms with E-state index in [4.69, 9.17) is 17.0 Å². The highest BCUT2D eigenvalue weighted by atomic mass is 32.1. The van der Waals surface area contributed by atoms with Gasteiger partial charge in [-0.15, -0.1) is 0 Å². The molecule has 0 radical (unpaired) electrons. The summed E-state index contributed by atoms with van der Waals surface area (Å²) in [6.45, 7) is 3.27. The van der Waals surface area contributed by atoms with Crippen molar-refractivity contribution in [1.29, 1.82) is 0 Å². The van der Waals surface area contributed by atoms with E-state index in [2.05, 4.69) is 16.9 Å². The minimum absolute atomic E-state index is 0.120. The third kappa shape index (κ3) is 2.56. The van der Waals surface area contributed by atoms with E-state index in [9.17, 15) is 4.39 Å². The summed E-state index contributed by atoms with van der Waals surface area (Å²) >= 11 is 5.31. The Labute approximate surface area is 115 Å². The molecule has 1 fully saturated rings. The molecule has 3 rings (SSSR count). The number of H-pyrrole nitrogens is 1. The maximum absolute atomic E-state index is 13.2. The lowest BCUT2D eigenvalue weighted by molar-refractivity contribution is -0.0271. The van der Waals surface area contributed by atoms with Crippen LogP contribution in [-0.4, -0.2) is 47.3 Å². The van der Waals surface area contributed by atoms with E-state index in [0.29, 0.717) is 11.3 Å². The predicted molar refractivity (Wildman–Crippen MR) is 74.3 cm³/mol. The van der Waals surface area contributed by atoms with E-state index in [0.717, 1.165) is 30.7 Å². The second-order valence-corrected chi connectivity index (χ2v) is 5.34. The highest BCUT2D eigenvalue weighted by Gasteiger charge is 2.19. The maximum atomic E-state index is 13.2. The Morgan fingerprint density at radius 2 is 2.37 bits per heavy atom. The van der Waals surface area contributed by atoms with Gasteiger partial charge in [-0.2, -0.15) is 0 Å². The summed E-state index contributed by atoms with van der Waals surface area (Å²) in [5, 5.41) is 0. The zero-order valence-corrected chi connectivity index (χ0v) is 11.5. The smallest absolute Gasteiger partial charge is 0.178 e. The molecule has 0 aliphatic carbocycles. The molecule has 1 N–H and O–H groups in total. The van der Waals surface area contributed by atoms with Crippen LogP contribution in [0.5, 0.6) is 0 Å². The number of ether oxygens (including phenoxy) is 1. The van der Waals surface area contributed by atoms with E-state index in [1.807, 2.05) is 4.57 Å². The van der Waals surface area contributed by atoms with Gasteiger partial charge < -0.3 is 19.2 Å². The molecule has 0 bridgehead atoms. The van der Waals surface area contributed by atoms with E-state index in [1.54, 1.807) is 6.07 Å². The molecule has 2 aromatic rings. The number of hydrogen-bond acceptors (Lipinski definition) is 3. The largest absolute Gasteiger partial charge is 0.374 e. The summed E-state index contributed by atoms with van der Waals surface area (Å²) in [7, 11) is 2.08. The monoisotopic (exact) mass is 281 g/mol. The van der Waals surface area contributed by atoms with E-state index >= 15 is 0 Å². The van der Waals surface area contributed by atoms with Crippen molar-refractivity contribution in [2.75, 3.05) is 26.7 Å². The van der Waals surface area contributed by atoms with Crippen molar-refractivity contribution in [2.24, 2.45) is 0 Å². The number of imidazole rings is 1. The molecule has 1 aromatic carbocycles. The number of aromatic nitrogens is 2. The molecule has 1 unspecified atom stereocenters. The first kappa shape index (κ1) is 12.8. The fourth-order valence-corrected chi connectivity index (χ4v) is 2.78. The normalized spacial score (nSPS) is 21.1. The Balaban J connectivity index is 1.92. The Morgan fingerprint density at radius 3 is 3.16 bits per heavy atom. The van der Waals surface area contributed by atoms with Crippen LogP contribution < -0.4 is 0 Å². The molecule has 1 aliphatic rings. The lowest BCUT2D eigenvalue weighted by Gasteiger charge is -2.30. The van der Waals surface area contributed by atoms with Gasteiger partial charge in [0.1, 0.15) is 5.82 Å². The van der Waals surface area contributed by atoms with Crippen LogP contribution in [0.2, 0.25) is 0 Å². The number of nitrogens with zero attached hydrogens (tertiary/aromatic N) is 2. The summed E-state index contributed by atoms with van der Waals surface area (Å²) in [5.74, 6) is -0.260. The van der Waals surface area contributed by atoms with Crippen LogP contribution in [0.1, 0.15) is 0 Å². The topological polar surface area (TPSA) is 33.2 Å². The van der Waals surface area contributed by atoms with Gasteiger partial charge in [0, 0.05) is 13.1 Å². The zero-order valence-electron chi connectivity index (χ0n) is 10.7. The van der Waals surface area contributed by atoms with Gasteiger partial charge in [-0.05, 0) is 37.5 Å². The van der Waals surface area contributed by atoms with Crippen LogP contribution in [0.25, 0.3) is 11.0 Å². The van der Waals surface area contributed by atoms with Crippen LogP contribution in [0.15, 0.2) is 18.2 Å². The Bertz CT molecular complexity index is 651. The number of morpholine rings is 1. The van der Waals surface area contributed by atoms with Gasteiger partial charge in [0.15, 0.2) is 4.77 Å². The van der Waals surface area contributed by atoms with Crippen molar-refractivity contribution >= 4 is 23.3 Å². The molecule has 0 spiro atoms. The number of hydrogen-bond donors (Lipinski definition) is 1. The van der Waals surface area contributed by atoms with E-state index in [1.165, 1.54) is 12.1 Å². The Kier molecular flexibility index (Phi) is 3.38. The molecule has 0 amide bonds. The van der Waals surface area contributed by atoms with Crippen LogP contribution in [0, 0.1) is 10.6 Å². The third-order valence-corrected chi connectivity index (χ3v) is 3.79. The molecule has 19 heavy (non-hydrogen) atoms. The summed E-state index contributed by atoms with van der Waals surface area (Å²) in [4.78, 5) is 5.28. The molecule has 0 saturated carbocycles. The zero-order chi connectivity index (χ0) is 13.4. The lowest BCUT2D eigenvalue weighted by Crippen LogP contribution is -2.41. The van der Waals surface area contributed by atoms with Crippen molar-refractivity contribution in [3.8, 4) is 0 Å². The van der Waals surface area contributed by atoms with Gasteiger partial charge in [0.25, 0.3) is 0 Å². The lowest BCUT2D eigenvalue weighted by atomic mass is 10.2. The molecule has 6 heteroatoms. The third-order valence-electron chi connectivity index (χ3n) is 3.46. The fourth-order valence-electron chi connectivity index (χ4n) is 2.50. The summed E-state index contributed by atoms with van der Waals surface area (Å²) < 4.78 is 21.5. The first-order chi connectivity index (χ1) is 9.13. The molecule has 102 valence electrons. The number of fused-ring (bicyclic) bond motifs is 1. The second-order valence-electron chi connectivity index (χ2n) is 4.96. The minimum Gasteiger partial charge on any atom is -0.374 e. The van der Waals surface area contributed by atoms with Crippen molar-refractivity contribution in [3.05, 3.63) is 28.8 Å². The SMILES string of the molecule is CN1CCOC(Cn2c(=S)[nH]c3cc(F)ccc32)C1. The first-order valence-corrected chi connectivity index (χ1v) is 6.72. The van der Waals surface area contributed by atoms with Crippen molar-refractivity contribution in [3.63, 3.8) is 0 Å². The van der Waals surface area contributed by atoms with Gasteiger partial charge in [-0.1, -0.05) is 0 Å². The molecular weight excluding hydrogens is 265 g/mol. The molecule has 1 aromatic heterocycles. The standard InChI is InChI=1S/C13H16FN3OS/c1-16-4-5-18-10(7-16)8-17-12-3-2-9(14)6-11(12)15-13(17)19/h2-3,6,10H,4-5,7-8H2,1H3,(H,15,19). The highest BCUT2D eigenvalue weighted by Crippen LogP contribution is 2.17. The fraction of sp³-hybridized carbons (Fsp3) is 0.462. The average Bonchev–Trinajstić information content (AvgIpc) is 2.65. The van der Waals surface area contributed by atoms with Crippen LogP contribution >= 0.6 is 12.2 Å². The predicted octanol–water partition coefficient (Wildman–Crippen LogP) is 2.17.